The second kappa shape index (κ2) is 3.65. The summed E-state index contributed by atoms with van der Waals surface area (Å²) in [5.41, 5.74) is 2.67. The molecular formula is C16H10N2O. The first-order valence-corrected chi connectivity index (χ1v) is 6.13. The second-order valence-electron chi connectivity index (χ2n) is 4.56. The van der Waals surface area contributed by atoms with Crippen LogP contribution in [0.5, 0.6) is 0 Å². The van der Waals surface area contributed by atoms with E-state index in [0.717, 1.165) is 27.3 Å². The Morgan fingerprint density at radius 2 is 1.68 bits per heavy atom. The van der Waals surface area contributed by atoms with Crippen molar-refractivity contribution < 1.29 is 0 Å². The molecule has 0 radical (unpaired) electrons. The maximum absolute atomic E-state index is 12.5. The molecule has 0 unspecified atom stereocenters. The number of benzene rings is 2. The van der Waals surface area contributed by atoms with Crippen molar-refractivity contribution in [3.05, 3.63) is 65.0 Å². The van der Waals surface area contributed by atoms with Gasteiger partial charge in [-0.05, 0) is 36.4 Å². The molecule has 0 atom stereocenters. The van der Waals surface area contributed by atoms with Crippen molar-refractivity contribution in [1.29, 1.82) is 0 Å². The van der Waals surface area contributed by atoms with Crippen LogP contribution in [0.25, 0.3) is 32.7 Å². The minimum Gasteiger partial charge on any atom is -0.354 e. The zero-order valence-corrected chi connectivity index (χ0v) is 10.1. The quantitative estimate of drug-likeness (QED) is 0.382. The van der Waals surface area contributed by atoms with Crippen molar-refractivity contribution in [2.75, 3.05) is 0 Å². The van der Waals surface area contributed by atoms with Crippen LogP contribution in [0, 0.1) is 0 Å². The normalized spacial score (nSPS) is 11.4. The molecule has 3 heteroatoms. The van der Waals surface area contributed by atoms with E-state index in [4.69, 9.17) is 0 Å². The summed E-state index contributed by atoms with van der Waals surface area (Å²) in [6.45, 7) is 0. The molecule has 4 aromatic rings. The van der Waals surface area contributed by atoms with Crippen molar-refractivity contribution in [2.45, 2.75) is 0 Å². The van der Waals surface area contributed by atoms with Crippen LogP contribution in [-0.4, -0.2) is 9.97 Å². The van der Waals surface area contributed by atoms with E-state index < -0.39 is 0 Å². The first-order chi connectivity index (χ1) is 9.34. The van der Waals surface area contributed by atoms with E-state index in [1.807, 2.05) is 48.5 Å². The number of para-hydroxylation sites is 1. The number of nitrogens with zero attached hydrogens (tertiary/aromatic N) is 1. The van der Waals surface area contributed by atoms with Crippen molar-refractivity contribution in [3.8, 4) is 0 Å². The van der Waals surface area contributed by atoms with Crippen LogP contribution >= 0.6 is 0 Å². The van der Waals surface area contributed by atoms with E-state index in [1.54, 1.807) is 6.20 Å². The lowest BCUT2D eigenvalue weighted by Crippen LogP contribution is -2.04. The monoisotopic (exact) mass is 246 g/mol. The third-order valence-corrected chi connectivity index (χ3v) is 3.46. The van der Waals surface area contributed by atoms with Crippen molar-refractivity contribution in [2.24, 2.45) is 0 Å². The number of pyridine rings is 2. The first-order valence-electron chi connectivity index (χ1n) is 6.13. The summed E-state index contributed by atoms with van der Waals surface area (Å²) in [6, 6.07) is 15.2. The molecule has 4 rings (SSSR count). The van der Waals surface area contributed by atoms with Crippen LogP contribution < -0.4 is 5.43 Å². The summed E-state index contributed by atoms with van der Waals surface area (Å²) in [6.07, 6.45) is 1.76. The Hall–Kier alpha value is -2.68. The zero-order valence-electron chi connectivity index (χ0n) is 10.1. The van der Waals surface area contributed by atoms with E-state index >= 15 is 0 Å². The van der Waals surface area contributed by atoms with Gasteiger partial charge in [-0.3, -0.25) is 9.78 Å². The minimum absolute atomic E-state index is 0.0649. The fourth-order valence-corrected chi connectivity index (χ4v) is 2.55. The Bertz CT molecular complexity index is 986. The summed E-state index contributed by atoms with van der Waals surface area (Å²) in [5.74, 6) is 0. The SMILES string of the molecule is O=c1c2ccccc2[nH]c2c1ccc1ncccc12. The molecule has 0 fully saturated rings. The highest BCUT2D eigenvalue weighted by atomic mass is 16.1. The van der Waals surface area contributed by atoms with Gasteiger partial charge in [0.15, 0.2) is 5.43 Å². The van der Waals surface area contributed by atoms with E-state index in [2.05, 4.69) is 9.97 Å². The molecule has 90 valence electrons. The first kappa shape index (κ1) is 10.3. The zero-order chi connectivity index (χ0) is 12.8. The van der Waals surface area contributed by atoms with Gasteiger partial charge in [0.25, 0.3) is 0 Å². The largest absolute Gasteiger partial charge is 0.354 e. The summed E-state index contributed by atoms with van der Waals surface area (Å²) in [7, 11) is 0. The van der Waals surface area contributed by atoms with Crippen molar-refractivity contribution in [3.63, 3.8) is 0 Å². The average Bonchev–Trinajstić information content (AvgIpc) is 2.47. The number of fused-ring (bicyclic) bond motifs is 4. The third-order valence-electron chi connectivity index (χ3n) is 3.46. The fourth-order valence-electron chi connectivity index (χ4n) is 2.55. The molecule has 19 heavy (non-hydrogen) atoms. The predicted molar refractivity (Wildman–Crippen MR) is 77.4 cm³/mol. The molecule has 0 aliphatic heterocycles. The summed E-state index contributed by atoms with van der Waals surface area (Å²) >= 11 is 0. The molecule has 0 spiro atoms. The lowest BCUT2D eigenvalue weighted by atomic mass is 10.1. The Morgan fingerprint density at radius 1 is 0.842 bits per heavy atom. The van der Waals surface area contributed by atoms with Crippen molar-refractivity contribution in [1.82, 2.24) is 9.97 Å². The van der Waals surface area contributed by atoms with Crippen molar-refractivity contribution >= 4 is 32.7 Å². The predicted octanol–water partition coefficient (Wildman–Crippen LogP) is 3.23. The topological polar surface area (TPSA) is 45.8 Å². The molecule has 1 N–H and O–H groups in total. The fraction of sp³-hybridized carbons (Fsp3) is 0. The van der Waals surface area contributed by atoms with Crippen LogP contribution in [0.2, 0.25) is 0 Å². The highest BCUT2D eigenvalue weighted by Gasteiger charge is 2.07. The van der Waals surface area contributed by atoms with E-state index in [-0.39, 0.29) is 5.43 Å². The number of aromatic nitrogens is 2. The number of nitrogens with one attached hydrogen (secondary N) is 1. The smallest absolute Gasteiger partial charge is 0.197 e. The van der Waals surface area contributed by atoms with Crippen LogP contribution in [0.4, 0.5) is 0 Å². The van der Waals surface area contributed by atoms with Gasteiger partial charge in [-0.2, -0.15) is 0 Å². The number of rotatable bonds is 0. The van der Waals surface area contributed by atoms with Crippen LogP contribution in [-0.2, 0) is 0 Å². The number of hydrogen-bond donors (Lipinski definition) is 1. The molecular weight excluding hydrogens is 236 g/mol. The summed E-state index contributed by atoms with van der Waals surface area (Å²) < 4.78 is 0. The Labute approximate surface area is 108 Å². The second-order valence-corrected chi connectivity index (χ2v) is 4.56. The molecule has 0 bridgehead atoms. The minimum atomic E-state index is 0.0649. The van der Waals surface area contributed by atoms with Gasteiger partial charge in [-0.15, -0.1) is 0 Å². The van der Waals surface area contributed by atoms with E-state index in [9.17, 15) is 4.79 Å². The highest BCUT2D eigenvalue weighted by Crippen LogP contribution is 2.22. The van der Waals surface area contributed by atoms with E-state index in [1.165, 1.54) is 0 Å². The number of hydrogen-bond acceptors (Lipinski definition) is 2. The molecule has 0 aliphatic rings. The van der Waals surface area contributed by atoms with E-state index in [0.29, 0.717) is 5.39 Å². The molecule has 2 aromatic carbocycles. The van der Waals surface area contributed by atoms with Gasteiger partial charge < -0.3 is 4.98 Å². The van der Waals surface area contributed by atoms with Gasteiger partial charge >= 0.3 is 0 Å². The average molecular weight is 246 g/mol. The van der Waals surface area contributed by atoms with Gasteiger partial charge in [-0.1, -0.05) is 12.1 Å². The Balaban J connectivity index is 2.36. The third kappa shape index (κ3) is 1.38. The molecule has 2 heterocycles. The molecule has 0 aliphatic carbocycles. The van der Waals surface area contributed by atoms with Crippen LogP contribution in [0.1, 0.15) is 0 Å². The number of aromatic amines is 1. The molecule has 2 aromatic heterocycles. The molecule has 3 nitrogen and oxygen atoms in total. The van der Waals surface area contributed by atoms with Gasteiger partial charge in [-0.25, -0.2) is 0 Å². The molecule has 0 saturated carbocycles. The molecule has 0 amide bonds. The lowest BCUT2D eigenvalue weighted by Gasteiger charge is -2.05. The Kier molecular flexibility index (Phi) is 1.97. The Morgan fingerprint density at radius 3 is 2.63 bits per heavy atom. The van der Waals surface area contributed by atoms with Gasteiger partial charge in [0.2, 0.25) is 0 Å². The van der Waals surface area contributed by atoms with Gasteiger partial charge in [0.1, 0.15) is 0 Å². The van der Waals surface area contributed by atoms with Crippen LogP contribution in [0.15, 0.2) is 59.5 Å². The highest BCUT2D eigenvalue weighted by molar-refractivity contribution is 6.06. The van der Waals surface area contributed by atoms with Gasteiger partial charge in [0.05, 0.1) is 11.0 Å². The van der Waals surface area contributed by atoms with Gasteiger partial charge in [0, 0.05) is 27.9 Å². The summed E-state index contributed by atoms with van der Waals surface area (Å²) in [4.78, 5) is 20.2. The number of H-pyrrole nitrogens is 1. The summed E-state index contributed by atoms with van der Waals surface area (Å²) in [5, 5.41) is 2.40. The maximum atomic E-state index is 12.5. The maximum Gasteiger partial charge on any atom is 0.197 e. The van der Waals surface area contributed by atoms with Crippen LogP contribution in [0.3, 0.4) is 0 Å². The standard InChI is InChI=1S/C16H10N2O/c19-16-11-4-1-2-6-14(11)18-15-10-5-3-9-17-13(10)8-7-12(15)16/h1-9H,(H,18,19). The lowest BCUT2D eigenvalue weighted by molar-refractivity contribution is 1.41. The molecule has 0 saturated heterocycles.